The maximum atomic E-state index is 5.98. The number of hydrogen-bond acceptors (Lipinski definition) is 2. The Balaban J connectivity index is 2.03. The summed E-state index contributed by atoms with van der Waals surface area (Å²) < 4.78 is 0. The third-order valence-electron chi connectivity index (χ3n) is 4.74. The summed E-state index contributed by atoms with van der Waals surface area (Å²) in [5.74, 6) is 0.647. The SMILES string of the molecule is CCN(c1cccc2ccccc12)C1CCCC1CN. The van der Waals surface area contributed by atoms with Gasteiger partial charge in [0.1, 0.15) is 0 Å². The molecule has 2 atom stereocenters. The van der Waals surface area contributed by atoms with E-state index in [-0.39, 0.29) is 0 Å². The molecule has 2 heteroatoms. The molecule has 1 saturated carbocycles. The molecule has 2 aromatic rings. The van der Waals surface area contributed by atoms with Gasteiger partial charge in [-0.1, -0.05) is 42.8 Å². The molecule has 1 fully saturated rings. The average Bonchev–Trinajstić information content (AvgIpc) is 2.97. The first-order valence-corrected chi connectivity index (χ1v) is 7.79. The molecule has 2 nitrogen and oxygen atoms in total. The first kappa shape index (κ1) is 13.4. The van der Waals surface area contributed by atoms with Gasteiger partial charge >= 0.3 is 0 Å². The Labute approximate surface area is 121 Å². The standard InChI is InChI=1S/C18H24N2/c1-2-20(17-11-6-9-15(17)13-19)18-12-5-8-14-7-3-4-10-16(14)18/h3-5,7-8,10,12,15,17H,2,6,9,11,13,19H2,1H3. The summed E-state index contributed by atoms with van der Waals surface area (Å²) in [5.41, 5.74) is 7.35. The van der Waals surface area contributed by atoms with Crippen molar-refractivity contribution in [2.75, 3.05) is 18.0 Å². The lowest BCUT2D eigenvalue weighted by Crippen LogP contribution is -2.40. The predicted molar refractivity (Wildman–Crippen MR) is 87.2 cm³/mol. The minimum absolute atomic E-state index is 0.607. The van der Waals surface area contributed by atoms with Crippen molar-refractivity contribution in [3.63, 3.8) is 0 Å². The second-order valence-corrected chi connectivity index (χ2v) is 5.78. The number of nitrogens with two attached hydrogens (primary N) is 1. The largest absolute Gasteiger partial charge is 0.368 e. The minimum atomic E-state index is 0.607. The Hall–Kier alpha value is -1.54. The van der Waals surface area contributed by atoms with Gasteiger partial charge in [-0.15, -0.1) is 0 Å². The normalized spacial score (nSPS) is 22.3. The fourth-order valence-corrected chi connectivity index (χ4v) is 3.74. The molecule has 0 aromatic heterocycles. The maximum absolute atomic E-state index is 5.98. The molecule has 0 amide bonds. The number of nitrogens with zero attached hydrogens (tertiary/aromatic N) is 1. The topological polar surface area (TPSA) is 29.3 Å². The average molecular weight is 268 g/mol. The van der Waals surface area contributed by atoms with Crippen LogP contribution in [0.3, 0.4) is 0 Å². The van der Waals surface area contributed by atoms with Crippen molar-refractivity contribution in [3.05, 3.63) is 42.5 Å². The molecule has 1 aliphatic rings. The van der Waals surface area contributed by atoms with E-state index < -0.39 is 0 Å². The zero-order chi connectivity index (χ0) is 13.9. The van der Waals surface area contributed by atoms with Gasteiger partial charge in [-0.2, -0.15) is 0 Å². The van der Waals surface area contributed by atoms with E-state index in [1.54, 1.807) is 0 Å². The number of fused-ring (bicyclic) bond motifs is 1. The summed E-state index contributed by atoms with van der Waals surface area (Å²) in [4.78, 5) is 2.58. The first-order chi connectivity index (χ1) is 9.85. The van der Waals surface area contributed by atoms with Crippen molar-refractivity contribution < 1.29 is 0 Å². The highest BCUT2D eigenvalue weighted by molar-refractivity contribution is 5.94. The van der Waals surface area contributed by atoms with Gasteiger partial charge < -0.3 is 10.6 Å². The van der Waals surface area contributed by atoms with Gasteiger partial charge in [-0.25, -0.2) is 0 Å². The van der Waals surface area contributed by atoms with Crippen LogP contribution < -0.4 is 10.6 Å². The summed E-state index contributed by atoms with van der Waals surface area (Å²) in [6.07, 6.45) is 3.87. The van der Waals surface area contributed by atoms with Crippen LogP contribution in [0.2, 0.25) is 0 Å². The van der Waals surface area contributed by atoms with Crippen LogP contribution in [-0.2, 0) is 0 Å². The lowest BCUT2D eigenvalue weighted by molar-refractivity contribution is 0.462. The summed E-state index contributed by atoms with van der Waals surface area (Å²) in [6.45, 7) is 4.12. The van der Waals surface area contributed by atoms with E-state index in [1.807, 2.05) is 0 Å². The summed E-state index contributed by atoms with van der Waals surface area (Å²) in [6, 6.07) is 15.9. The Morgan fingerprint density at radius 2 is 1.90 bits per heavy atom. The van der Waals surface area contributed by atoms with Gasteiger partial charge in [0.15, 0.2) is 0 Å². The highest BCUT2D eigenvalue weighted by Crippen LogP contribution is 2.35. The molecule has 2 aromatic carbocycles. The molecule has 0 heterocycles. The number of anilines is 1. The quantitative estimate of drug-likeness (QED) is 0.914. The van der Waals surface area contributed by atoms with Crippen LogP contribution in [0.5, 0.6) is 0 Å². The van der Waals surface area contributed by atoms with Crippen LogP contribution in [0.1, 0.15) is 26.2 Å². The van der Waals surface area contributed by atoms with E-state index in [2.05, 4.69) is 54.3 Å². The Bertz CT molecular complexity index is 573. The summed E-state index contributed by atoms with van der Waals surface area (Å²) >= 11 is 0. The van der Waals surface area contributed by atoms with Gasteiger partial charge in [0, 0.05) is 23.7 Å². The van der Waals surface area contributed by atoms with Crippen LogP contribution in [0.4, 0.5) is 5.69 Å². The van der Waals surface area contributed by atoms with E-state index >= 15 is 0 Å². The molecule has 0 radical (unpaired) electrons. The molecule has 0 saturated heterocycles. The van der Waals surface area contributed by atoms with Crippen LogP contribution in [-0.4, -0.2) is 19.1 Å². The fraction of sp³-hybridized carbons (Fsp3) is 0.444. The number of benzene rings is 2. The third kappa shape index (κ3) is 2.29. The minimum Gasteiger partial charge on any atom is -0.368 e. The maximum Gasteiger partial charge on any atom is 0.0448 e. The molecule has 0 spiro atoms. The van der Waals surface area contributed by atoms with Crippen LogP contribution in [0.15, 0.2) is 42.5 Å². The van der Waals surface area contributed by atoms with Gasteiger partial charge in [-0.3, -0.25) is 0 Å². The lowest BCUT2D eigenvalue weighted by Gasteiger charge is -2.34. The highest BCUT2D eigenvalue weighted by Gasteiger charge is 2.31. The van der Waals surface area contributed by atoms with E-state index in [1.165, 1.54) is 35.7 Å². The number of rotatable bonds is 4. The molecular formula is C18H24N2. The lowest BCUT2D eigenvalue weighted by atomic mass is 10.00. The fourth-order valence-electron chi connectivity index (χ4n) is 3.74. The smallest absolute Gasteiger partial charge is 0.0448 e. The zero-order valence-electron chi connectivity index (χ0n) is 12.3. The second-order valence-electron chi connectivity index (χ2n) is 5.78. The molecular weight excluding hydrogens is 244 g/mol. The van der Waals surface area contributed by atoms with Gasteiger partial charge in [0.2, 0.25) is 0 Å². The first-order valence-electron chi connectivity index (χ1n) is 7.79. The molecule has 3 rings (SSSR count). The molecule has 0 aliphatic heterocycles. The van der Waals surface area contributed by atoms with Gasteiger partial charge in [0.25, 0.3) is 0 Å². The van der Waals surface area contributed by atoms with E-state index in [9.17, 15) is 0 Å². The summed E-state index contributed by atoms with van der Waals surface area (Å²) in [7, 11) is 0. The van der Waals surface area contributed by atoms with Crippen LogP contribution >= 0.6 is 0 Å². The van der Waals surface area contributed by atoms with Crippen LogP contribution in [0.25, 0.3) is 10.8 Å². The monoisotopic (exact) mass is 268 g/mol. The molecule has 106 valence electrons. The van der Waals surface area contributed by atoms with Crippen molar-refractivity contribution in [1.29, 1.82) is 0 Å². The number of hydrogen-bond donors (Lipinski definition) is 1. The molecule has 1 aliphatic carbocycles. The Morgan fingerprint density at radius 3 is 2.70 bits per heavy atom. The second kappa shape index (κ2) is 5.84. The Kier molecular flexibility index (Phi) is 3.93. The van der Waals surface area contributed by atoms with Crippen molar-refractivity contribution in [2.24, 2.45) is 11.7 Å². The van der Waals surface area contributed by atoms with E-state index in [0.717, 1.165) is 13.1 Å². The highest BCUT2D eigenvalue weighted by atomic mass is 15.2. The van der Waals surface area contributed by atoms with Crippen molar-refractivity contribution in [3.8, 4) is 0 Å². The molecule has 20 heavy (non-hydrogen) atoms. The van der Waals surface area contributed by atoms with Crippen molar-refractivity contribution >= 4 is 16.5 Å². The zero-order valence-corrected chi connectivity index (χ0v) is 12.3. The Morgan fingerprint density at radius 1 is 1.10 bits per heavy atom. The van der Waals surface area contributed by atoms with E-state index in [4.69, 9.17) is 5.73 Å². The predicted octanol–water partition coefficient (Wildman–Crippen LogP) is 3.79. The molecule has 0 bridgehead atoms. The molecule has 2 unspecified atom stereocenters. The van der Waals surface area contributed by atoms with Gasteiger partial charge in [-0.05, 0) is 43.7 Å². The third-order valence-corrected chi connectivity index (χ3v) is 4.74. The van der Waals surface area contributed by atoms with E-state index in [0.29, 0.717) is 12.0 Å². The van der Waals surface area contributed by atoms with Gasteiger partial charge in [0.05, 0.1) is 0 Å². The van der Waals surface area contributed by atoms with Crippen molar-refractivity contribution in [1.82, 2.24) is 0 Å². The summed E-state index contributed by atoms with van der Waals surface area (Å²) in [5, 5.41) is 2.69. The van der Waals surface area contributed by atoms with Crippen LogP contribution in [0, 0.1) is 5.92 Å². The van der Waals surface area contributed by atoms with Crippen molar-refractivity contribution in [2.45, 2.75) is 32.2 Å². The molecule has 2 N–H and O–H groups in total.